The van der Waals surface area contributed by atoms with Gasteiger partial charge in [-0.15, -0.1) is 0 Å². The molecule has 0 aromatic heterocycles. The third-order valence-corrected chi connectivity index (χ3v) is 4.55. The van der Waals surface area contributed by atoms with Crippen LogP contribution in [0.25, 0.3) is 0 Å². The highest BCUT2D eigenvalue weighted by Crippen LogP contribution is 2.30. The van der Waals surface area contributed by atoms with Crippen LogP contribution in [-0.2, 0) is 4.79 Å². The predicted molar refractivity (Wildman–Crippen MR) is 84.4 cm³/mol. The average molecular weight is 331 g/mol. The maximum absolute atomic E-state index is 12.1. The van der Waals surface area contributed by atoms with E-state index >= 15 is 0 Å². The summed E-state index contributed by atoms with van der Waals surface area (Å²) in [6, 6.07) is 5.13. The van der Waals surface area contributed by atoms with Crippen molar-refractivity contribution in [3.8, 4) is 0 Å². The van der Waals surface area contributed by atoms with Gasteiger partial charge in [-0.05, 0) is 31.4 Å². The van der Waals surface area contributed by atoms with Crippen LogP contribution in [0.1, 0.15) is 37.4 Å². The molecule has 1 aliphatic carbocycles. The normalized spacial score (nSPS) is 23.6. The number of hydrogen-bond donors (Lipinski definition) is 3. The Hall–Kier alpha value is -0.810. The maximum atomic E-state index is 12.1. The molecule has 6 heteroatoms. The molecule has 0 spiro atoms. The Labute approximate surface area is 134 Å². The molecule has 21 heavy (non-hydrogen) atoms. The molecule has 0 radical (unpaired) electrons. The summed E-state index contributed by atoms with van der Waals surface area (Å²) < 4.78 is 0. The predicted octanol–water partition coefficient (Wildman–Crippen LogP) is 2.66. The Morgan fingerprint density at radius 1 is 1.38 bits per heavy atom. The molecule has 0 saturated heterocycles. The van der Waals surface area contributed by atoms with Crippen molar-refractivity contribution in [1.29, 1.82) is 0 Å². The Morgan fingerprint density at radius 3 is 2.67 bits per heavy atom. The van der Waals surface area contributed by atoms with Gasteiger partial charge in [-0.3, -0.25) is 4.79 Å². The first-order valence-electron chi connectivity index (χ1n) is 7.14. The van der Waals surface area contributed by atoms with Crippen LogP contribution in [-0.4, -0.2) is 23.6 Å². The van der Waals surface area contributed by atoms with Crippen LogP contribution in [0.3, 0.4) is 0 Å². The minimum absolute atomic E-state index is 0.0626. The summed E-state index contributed by atoms with van der Waals surface area (Å²) in [5.41, 5.74) is 6.33. The summed E-state index contributed by atoms with van der Waals surface area (Å²) in [6.45, 7) is 0.0913. The van der Waals surface area contributed by atoms with E-state index < -0.39 is 6.10 Å². The Kier molecular flexibility index (Phi) is 5.88. The monoisotopic (exact) mass is 330 g/mol. The Morgan fingerprint density at radius 2 is 2.05 bits per heavy atom. The second-order valence-electron chi connectivity index (χ2n) is 5.52. The fraction of sp³-hybridized carbons (Fsp3) is 0.533. The van der Waals surface area contributed by atoms with Gasteiger partial charge in [-0.1, -0.05) is 35.7 Å². The standard InChI is InChI=1S/C15H20Cl2N2O2/c16-11-5-2-6-12(17)14(11)13(20)8-19-15(21)9-3-1-4-10(18)7-9/h2,5-6,9-10,13,20H,1,3-4,7-8,18H2,(H,19,21). The van der Waals surface area contributed by atoms with E-state index in [1.165, 1.54) is 0 Å². The van der Waals surface area contributed by atoms with Gasteiger partial charge in [0.2, 0.25) is 5.91 Å². The van der Waals surface area contributed by atoms with Gasteiger partial charge in [0.25, 0.3) is 0 Å². The van der Waals surface area contributed by atoms with Crippen LogP contribution in [0, 0.1) is 5.92 Å². The molecule has 4 nitrogen and oxygen atoms in total. The molecule has 1 aromatic rings. The second-order valence-corrected chi connectivity index (χ2v) is 6.33. The molecular formula is C15H20Cl2N2O2. The molecule has 1 aliphatic rings. The van der Waals surface area contributed by atoms with Gasteiger partial charge in [0.1, 0.15) is 0 Å². The van der Waals surface area contributed by atoms with Crippen LogP contribution >= 0.6 is 23.2 Å². The molecule has 0 aliphatic heterocycles. The number of carbonyl (C=O) groups excluding carboxylic acids is 1. The number of carbonyl (C=O) groups is 1. The molecule has 0 heterocycles. The van der Waals surface area contributed by atoms with Gasteiger partial charge in [0.15, 0.2) is 0 Å². The van der Waals surface area contributed by atoms with Crippen molar-refractivity contribution in [2.45, 2.75) is 37.8 Å². The quantitative estimate of drug-likeness (QED) is 0.794. The Bertz CT molecular complexity index is 490. The number of benzene rings is 1. The lowest BCUT2D eigenvalue weighted by atomic mass is 9.85. The number of hydrogen-bond acceptors (Lipinski definition) is 3. The number of amides is 1. The zero-order chi connectivity index (χ0) is 15.4. The topological polar surface area (TPSA) is 75.4 Å². The summed E-state index contributed by atoms with van der Waals surface area (Å²) in [5.74, 6) is -0.130. The van der Waals surface area contributed by atoms with Crippen molar-refractivity contribution in [1.82, 2.24) is 5.32 Å². The lowest BCUT2D eigenvalue weighted by Crippen LogP contribution is -2.39. The minimum Gasteiger partial charge on any atom is -0.386 e. The molecule has 3 atom stereocenters. The zero-order valence-electron chi connectivity index (χ0n) is 11.7. The van der Waals surface area contributed by atoms with E-state index in [0.29, 0.717) is 22.0 Å². The molecule has 116 valence electrons. The van der Waals surface area contributed by atoms with E-state index in [1.54, 1.807) is 18.2 Å². The molecule has 4 N–H and O–H groups in total. The van der Waals surface area contributed by atoms with Crippen LogP contribution in [0.4, 0.5) is 0 Å². The maximum Gasteiger partial charge on any atom is 0.223 e. The van der Waals surface area contributed by atoms with Crippen molar-refractivity contribution in [2.75, 3.05) is 6.54 Å². The summed E-state index contributed by atoms with van der Waals surface area (Å²) in [6.07, 6.45) is 2.57. The number of nitrogens with one attached hydrogen (secondary N) is 1. The van der Waals surface area contributed by atoms with Crippen LogP contribution in [0.15, 0.2) is 18.2 Å². The summed E-state index contributed by atoms with van der Waals surface area (Å²) in [7, 11) is 0. The lowest BCUT2D eigenvalue weighted by Gasteiger charge is -2.26. The largest absolute Gasteiger partial charge is 0.386 e. The van der Waals surface area contributed by atoms with Gasteiger partial charge in [0.05, 0.1) is 6.10 Å². The first-order valence-corrected chi connectivity index (χ1v) is 7.90. The molecular weight excluding hydrogens is 311 g/mol. The molecule has 2 rings (SSSR count). The fourth-order valence-corrected chi connectivity index (χ4v) is 3.39. The third-order valence-electron chi connectivity index (χ3n) is 3.89. The third kappa shape index (κ3) is 4.33. The summed E-state index contributed by atoms with van der Waals surface area (Å²) >= 11 is 12.1. The highest BCUT2D eigenvalue weighted by atomic mass is 35.5. The van der Waals surface area contributed by atoms with Crippen molar-refractivity contribution in [3.63, 3.8) is 0 Å². The number of halogens is 2. The number of aliphatic hydroxyl groups excluding tert-OH is 1. The fourth-order valence-electron chi connectivity index (χ4n) is 2.74. The molecule has 1 amide bonds. The number of rotatable bonds is 4. The van der Waals surface area contributed by atoms with Crippen molar-refractivity contribution >= 4 is 29.1 Å². The van der Waals surface area contributed by atoms with Crippen molar-refractivity contribution < 1.29 is 9.90 Å². The van der Waals surface area contributed by atoms with Gasteiger partial charge in [-0.25, -0.2) is 0 Å². The highest BCUT2D eigenvalue weighted by Gasteiger charge is 2.26. The number of aliphatic hydroxyl groups is 1. The number of nitrogens with two attached hydrogens (primary N) is 1. The van der Waals surface area contributed by atoms with E-state index in [2.05, 4.69) is 5.32 Å². The Balaban J connectivity index is 1.91. The molecule has 1 saturated carbocycles. The zero-order valence-corrected chi connectivity index (χ0v) is 13.2. The van der Waals surface area contributed by atoms with E-state index in [0.717, 1.165) is 19.3 Å². The van der Waals surface area contributed by atoms with Gasteiger partial charge in [0, 0.05) is 34.1 Å². The summed E-state index contributed by atoms with van der Waals surface area (Å²) in [4.78, 5) is 12.1. The van der Waals surface area contributed by atoms with Gasteiger partial charge in [-0.2, -0.15) is 0 Å². The lowest BCUT2D eigenvalue weighted by molar-refractivity contribution is -0.126. The first-order chi connectivity index (χ1) is 9.99. The van der Waals surface area contributed by atoms with E-state index in [9.17, 15) is 9.90 Å². The van der Waals surface area contributed by atoms with Gasteiger partial charge >= 0.3 is 0 Å². The molecule has 1 fully saturated rings. The smallest absolute Gasteiger partial charge is 0.223 e. The van der Waals surface area contributed by atoms with E-state index in [-0.39, 0.29) is 24.4 Å². The van der Waals surface area contributed by atoms with Crippen molar-refractivity contribution in [3.05, 3.63) is 33.8 Å². The van der Waals surface area contributed by atoms with Crippen molar-refractivity contribution in [2.24, 2.45) is 11.7 Å². The summed E-state index contributed by atoms with van der Waals surface area (Å²) in [5, 5.41) is 13.7. The molecule has 0 bridgehead atoms. The van der Waals surface area contributed by atoms with E-state index in [1.807, 2.05) is 0 Å². The highest BCUT2D eigenvalue weighted by molar-refractivity contribution is 6.36. The first kappa shape index (κ1) is 16.6. The molecule has 3 unspecified atom stereocenters. The minimum atomic E-state index is -0.924. The molecule has 1 aromatic carbocycles. The average Bonchev–Trinajstić information content (AvgIpc) is 2.44. The van der Waals surface area contributed by atoms with Crippen LogP contribution in [0.2, 0.25) is 10.0 Å². The van der Waals surface area contributed by atoms with Gasteiger partial charge < -0.3 is 16.2 Å². The van der Waals surface area contributed by atoms with E-state index in [4.69, 9.17) is 28.9 Å². The van der Waals surface area contributed by atoms with Crippen LogP contribution in [0.5, 0.6) is 0 Å². The second kappa shape index (κ2) is 7.45. The SMILES string of the molecule is NC1CCCC(C(=O)NCC(O)c2c(Cl)cccc2Cl)C1. The van der Waals surface area contributed by atoms with Crippen LogP contribution < -0.4 is 11.1 Å².